The van der Waals surface area contributed by atoms with Crippen LogP contribution in [0.1, 0.15) is 39.0 Å². The maximum absolute atomic E-state index is 13.5. The van der Waals surface area contributed by atoms with Crippen molar-refractivity contribution < 1.29 is 28.2 Å². The van der Waals surface area contributed by atoms with E-state index in [1.165, 1.54) is 30.3 Å². The van der Waals surface area contributed by atoms with Crippen molar-refractivity contribution in [1.82, 2.24) is 4.90 Å². The van der Waals surface area contributed by atoms with Crippen molar-refractivity contribution >= 4 is 34.4 Å². The van der Waals surface area contributed by atoms with Gasteiger partial charge in [-0.2, -0.15) is 0 Å². The van der Waals surface area contributed by atoms with Gasteiger partial charge >= 0.3 is 11.6 Å². The molecule has 9 heteroatoms. The van der Waals surface area contributed by atoms with Crippen molar-refractivity contribution in [3.05, 3.63) is 63.7 Å². The molecule has 37 heavy (non-hydrogen) atoms. The number of halogens is 2. The first-order valence-electron chi connectivity index (χ1n) is 12.4. The number of nitrogens with zero attached hydrogens (tertiary/aromatic N) is 1. The number of piperidine rings is 1. The number of aliphatic carboxylic acids is 1. The Morgan fingerprint density at radius 1 is 1.11 bits per heavy atom. The zero-order valence-electron chi connectivity index (χ0n) is 20.3. The van der Waals surface area contributed by atoms with Gasteiger partial charge in [0.05, 0.1) is 10.9 Å². The van der Waals surface area contributed by atoms with E-state index in [4.69, 9.17) is 20.8 Å². The van der Waals surface area contributed by atoms with Gasteiger partial charge in [-0.15, -0.1) is 0 Å². The molecule has 194 valence electrons. The number of likely N-dealkylation sites (tertiary alicyclic amines) is 1. The molecule has 0 radical (unpaired) electrons. The number of hydrogen-bond acceptors (Lipinski definition) is 5. The van der Waals surface area contributed by atoms with E-state index in [2.05, 4.69) is 0 Å². The van der Waals surface area contributed by atoms with Crippen LogP contribution in [0.15, 0.2) is 51.7 Å². The van der Waals surface area contributed by atoms with E-state index in [0.29, 0.717) is 41.0 Å². The highest BCUT2D eigenvalue weighted by atomic mass is 35.5. The van der Waals surface area contributed by atoms with Crippen LogP contribution in [0.4, 0.5) is 4.39 Å². The first kappa shape index (κ1) is 25.3. The van der Waals surface area contributed by atoms with E-state index in [1.54, 1.807) is 24.0 Å². The second-order valence-electron chi connectivity index (χ2n) is 9.88. The van der Waals surface area contributed by atoms with Gasteiger partial charge in [-0.25, -0.2) is 9.18 Å². The summed E-state index contributed by atoms with van der Waals surface area (Å²) in [7, 11) is 0. The van der Waals surface area contributed by atoms with Crippen molar-refractivity contribution in [2.75, 3.05) is 6.54 Å². The van der Waals surface area contributed by atoms with E-state index in [1.807, 2.05) is 0 Å². The molecule has 3 atom stereocenters. The molecule has 7 nitrogen and oxygen atoms in total. The molecule has 2 aromatic carbocycles. The van der Waals surface area contributed by atoms with Gasteiger partial charge < -0.3 is 19.2 Å². The van der Waals surface area contributed by atoms with Crippen molar-refractivity contribution in [2.45, 2.75) is 51.2 Å². The summed E-state index contributed by atoms with van der Waals surface area (Å²) < 4.78 is 24.9. The summed E-state index contributed by atoms with van der Waals surface area (Å²) in [6.07, 6.45) is 3.60. The second kappa shape index (κ2) is 10.2. The fourth-order valence-corrected chi connectivity index (χ4v) is 5.67. The molecule has 3 aromatic rings. The SMILES string of the molecule is C[C@@H](Oc1ccc2c(-c3ccc(F)cc3Cl)cc(=O)oc2c1)C(=O)N1C[C@H](C(=O)O)CCC1C1CCC1. The van der Waals surface area contributed by atoms with Crippen LogP contribution < -0.4 is 10.4 Å². The number of carboxylic acids is 1. The number of ether oxygens (including phenoxy) is 1. The minimum atomic E-state index is -0.889. The fourth-order valence-electron chi connectivity index (χ4n) is 5.40. The maximum atomic E-state index is 13.5. The topological polar surface area (TPSA) is 97.0 Å². The highest BCUT2D eigenvalue weighted by molar-refractivity contribution is 6.33. The number of fused-ring (bicyclic) bond motifs is 1. The minimum Gasteiger partial charge on any atom is -0.481 e. The Bertz CT molecular complexity index is 1420. The van der Waals surface area contributed by atoms with E-state index in [9.17, 15) is 23.9 Å². The molecule has 0 bridgehead atoms. The highest BCUT2D eigenvalue weighted by Gasteiger charge is 2.41. The number of hydrogen-bond donors (Lipinski definition) is 1. The number of benzene rings is 2. The van der Waals surface area contributed by atoms with E-state index >= 15 is 0 Å². The molecule has 1 unspecified atom stereocenters. The van der Waals surface area contributed by atoms with Gasteiger partial charge in [0, 0.05) is 41.2 Å². The molecule has 2 fully saturated rings. The van der Waals surface area contributed by atoms with Gasteiger partial charge in [0.15, 0.2) is 6.10 Å². The Morgan fingerprint density at radius 3 is 2.57 bits per heavy atom. The number of carboxylic acid groups (broad SMARTS) is 1. The number of amides is 1. The van der Waals surface area contributed by atoms with Crippen LogP contribution in [0.2, 0.25) is 5.02 Å². The molecule has 1 saturated carbocycles. The lowest BCUT2D eigenvalue weighted by atomic mass is 9.74. The molecule has 1 aliphatic heterocycles. The standard InChI is InChI=1S/C28H27ClFNO6/c1-15(27(33)31-14-17(28(34)35)5-10-24(31)16-3-2-4-16)36-19-7-9-21-22(13-26(32)37-25(21)12-19)20-8-6-18(30)11-23(20)29/h6-9,11-13,15-17,24H,2-5,10,14H2,1H3,(H,34,35)/t15-,17-,24?/m1/s1. The Kier molecular flexibility index (Phi) is 6.94. The number of rotatable bonds is 6. The highest BCUT2D eigenvalue weighted by Crippen LogP contribution is 2.39. The molecule has 1 amide bonds. The van der Waals surface area contributed by atoms with Crippen LogP contribution in [-0.2, 0) is 9.59 Å². The predicted octanol–water partition coefficient (Wildman–Crippen LogP) is 5.51. The third-order valence-electron chi connectivity index (χ3n) is 7.55. The van der Waals surface area contributed by atoms with Gasteiger partial charge in [-0.3, -0.25) is 9.59 Å². The average Bonchev–Trinajstić information content (AvgIpc) is 2.82. The monoisotopic (exact) mass is 527 g/mol. The molecule has 1 N–H and O–H groups in total. The Hall–Kier alpha value is -3.39. The molecule has 2 heterocycles. The largest absolute Gasteiger partial charge is 0.481 e. The lowest BCUT2D eigenvalue weighted by Crippen LogP contribution is -2.55. The predicted molar refractivity (Wildman–Crippen MR) is 136 cm³/mol. The van der Waals surface area contributed by atoms with Gasteiger partial charge in [0.25, 0.3) is 5.91 Å². The van der Waals surface area contributed by atoms with Crippen molar-refractivity contribution in [3.63, 3.8) is 0 Å². The van der Waals surface area contributed by atoms with Crippen LogP contribution >= 0.6 is 11.6 Å². The molecular formula is C28H27ClFNO6. The Morgan fingerprint density at radius 2 is 1.89 bits per heavy atom. The summed E-state index contributed by atoms with van der Waals surface area (Å²) >= 11 is 6.23. The summed E-state index contributed by atoms with van der Waals surface area (Å²) in [5.41, 5.74) is 0.596. The van der Waals surface area contributed by atoms with Crippen LogP contribution in [0, 0.1) is 17.7 Å². The zero-order chi connectivity index (χ0) is 26.3. The molecule has 1 aromatic heterocycles. The molecule has 5 rings (SSSR count). The van der Waals surface area contributed by atoms with Crippen molar-refractivity contribution in [2.24, 2.45) is 11.8 Å². The smallest absolute Gasteiger partial charge is 0.336 e. The van der Waals surface area contributed by atoms with Gasteiger partial charge in [0.1, 0.15) is 17.1 Å². The lowest BCUT2D eigenvalue weighted by molar-refractivity contribution is -0.152. The molecule has 1 aliphatic carbocycles. The lowest BCUT2D eigenvalue weighted by Gasteiger charge is -2.46. The van der Waals surface area contributed by atoms with Gasteiger partial charge in [-0.05, 0) is 68.9 Å². The number of carbonyl (C=O) groups is 2. The first-order chi connectivity index (χ1) is 17.7. The third kappa shape index (κ3) is 5.07. The molecule has 0 spiro atoms. The van der Waals surface area contributed by atoms with E-state index in [-0.39, 0.29) is 29.1 Å². The van der Waals surface area contributed by atoms with Crippen LogP contribution in [-0.4, -0.2) is 40.6 Å². The third-order valence-corrected chi connectivity index (χ3v) is 7.87. The van der Waals surface area contributed by atoms with Crippen LogP contribution in [0.25, 0.3) is 22.1 Å². The van der Waals surface area contributed by atoms with Crippen LogP contribution in [0.3, 0.4) is 0 Å². The van der Waals surface area contributed by atoms with E-state index in [0.717, 1.165) is 19.3 Å². The summed E-state index contributed by atoms with van der Waals surface area (Å²) in [5, 5.41) is 10.3. The quantitative estimate of drug-likeness (QED) is 0.424. The maximum Gasteiger partial charge on any atom is 0.336 e. The normalized spacial score (nSPS) is 20.9. The minimum absolute atomic E-state index is 0.0283. The summed E-state index contributed by atoms with van der Waals surface area (Å²) in [5.74, 6) is -1.49. The second-order valence-corrected chi connectivity index (χ2v) is 10.3. The molecular weight excluding hydrogens is 501 g/mol. The summed E-state index contributed by atoms with van der Waals surface area (Å²) in [4.78, 5) is 39.1. The van der Waals surface area contributed by atoms with Gasteiger partial charge in [0.2, 0.25) is 0 Å². The van der Waals surface area contributed by atoms with Crippen molar-refractivity contribution in [1.29, 1.82) is 0 Å². The molecule has 2 aliphatic rings. The Balaban J connectivity index is 1.40. The zero-order valence-corrected chi connectivity index (χ0v) is 21.0. The fraction of sp³-hybridized carbons (Fsp3) is 0.393. The van der Waals surface area contributed by atoms with Crippen LogP contribution in [0.5, 0.6) is 5.75 Å². The molecule has 1 saturated heterocycles. The first-order valence-corrected chi connectivity index (χ1v) is 12.8. The van der Waals surface area contributed by atoms with Crippen molar-refractivity contribution in [3.8, 4) is 16.9 Å². The summed E-state index contributed by atoms with van der Waals surface area (Å²) in [6.45, 7) is 1.82. The average molecular weight is 528 g/mol. The van der Waals surface area contributed by atoms with E-state index < -0.39 is 29.4 Å². The number of carbonyl (C=O) groups excluding carboxylic acids is 1. The van der Waals surface area contributed by atoms with Gasteiger partial charge in [-0.1, -0.05) is 18.0 Å². The Labute approximate surface area is 217 Å². The summed E-state index contributed by atoms with van der Waals surface area (Å²) in [6, 6.07) is 10.1.